The highest BCUT2D eigenvalue weighted by molar-refractivity contribution is 7.15. The molecule has 1 aliphatic heterocycles. The molecule has 1 atom stereocenters. The van der Waals surface area contributed by atoms with Gasteiger partial charge in [0.05, 0.1) is 5.69 Å². The molecule has 1 saturated heterocycles. The maximum atomic E-state index is 6.17. The molecule has 3 nitrogen and oxygen atoms in total. The van der Waals surface area contributed by atoms with Gasteiger partial charge in [-0.1, -0.05) is 0 Å². The number of hydrogen-bond donors (Lipinski definition) is 0. The van der Waals surface area contributed by atoms with Crippen LogP contribution in [0.4, 0.5) is 0 Å². The fourth-order valence-electron chi connectivity index (χ4n) is 2.65. The molecule has 0 saturated carbocycles. The van der Waals surface area contributed by atoms with Crippen molar-refractivity contribution in [3.8, 4) is 0 Å². The first-order chi connectivity index (χ1) is 8.72. The highest BCUT2D eigenvalue weighted by Gasteiger charge is 2.23. The lowest BCUT2D eigenvalue weighted by molar-refractivity contribution is 0.175. The summed E-state index contributed by atoms with van der Waals surface area (Å²) in [4.78, 5) is 8.21. The number of likely N-dealkylation sites (tertiary alicyclic amines) is 1. The Bertz CT molecular complexity index is 483. The molecule has 0 spiro atoms. The van der Waals surface area contributed by atoms with Crippen LogP contribution in [0, 0.1) is 5.92 Å². The topological polar surface area (TPSA) is 20.5 Å². The molecule has 1 aliphatic rings. The number of hydrogen-bond acceptors (Lipinski definition) is 3. The number of piperidine rings is 1. The second-order valence-corrected chi connectivity index (χ2v) is 6.68. The molecule has 0 aliphatic carbocycles. The third kappa shape index (κ3) is 2.56. The van der Waals surface area contributed by atoms with Crippen LogP contribution in [0.3, 0.4) is 0 Å². The zero-order chi connectivity index (χ0) is 12.5. The molecule has 5 heteroatoms. The molecule has 0 radical (unpaired) electrons. The van der Waals surface area contributed by atoms with E-state index in [2.05, 4.69) is 39.0 Å². The predicted molar refractivity (Wildman–Crippen MR) is 76.4 cm³/mol. The molecule has 1 fully saturated rings. The first-order valence-corrected chi connectivity index (χ1v) is 7.81. The van der Waals surface area contributed by atoms with Crippen molar-refractivity contribution in [2.75, 3.05) is 13.1 Å². The zero-order valence-corrected chi connectivity index (χ0v) is 12.1. The van der Waals surface area contributed by atoms with Crippen LogP contribution >= 0.6 is 22.9 Å². The van der Waals surface area contributed by atoms with Gasteiger partial charge in [-0.15, -0.1) is 22.9 Å². The minimum Gasteiger partial charge on any atom is -0.297 e. The third-order valence-corrected chi connectivity index (χ3v) is 4.94. The Morgan fingerprint density at radius 2 is 2.28 bits per heavy atom. The fourth-order valence-corrected chi connectivity index (χ4v) is 3.62. The number of imidazole rings is 1. The Morgan fingerprint density at radius 1 is 1.50 bits per heavy atom. The van der Waals surface area contributed by atoms with Crippen molar-refractivity contribution in [3.63, 3.8) is 0 Å². The van der Waals surface area contributed by atoms with Crippen LogP contribution in [0.15, 0.2) is 17.8 Å². The van der Waals surface area contributed by atoms with Gasteiger partial charge in [-0.25, -0.2) is 4.98 Å². The van der Waals surface area contributed by atoms with Crippen molar-refractivity contribution < 1.29 is 0 Å². The zero-order valence-electron chi connectivity index (χ0n) is 10.6. The summed E-state index contributed by atoms with van der Waals surface area (Å²) >= 11 is 7.86. The number of alkyl halides is 1. The summed E-state index contributed by atoms with van der Waals surface area (Å²) in [5, 5.41) is 2.38. The lowest BCUT2D eigenvalue weighted by atomic mass is 9.94. The van der Waals surface area contributed by atoms with E-state index >= 15 is 0 Å². The van der Waals surface area contributed by atoms with E-state index in [-0.39, 0.29) is 0 Å². The van der Waals surface area contributed by atoms with Crippen LogP contribution in [0.2, 0.25) is 0 Å². The van der Waals surface area contributed by atoms with Gasteiger partial charge in [-0.3, -0.25) is 9.30 Å². The molecule has 18 heavy (non-hydrogen) atoms. The van der Waals surface area contributed by atoms with E-state index in [0.29, 0.717) is 11.3 Å². The molecule has 98 valence electrons. The van der Waals surface area contributed by atoms with E-state index in [1.54, 1.807) is 11.3 Å². The Kier molecular flexibility index (Phi) is 3.59. The first-order valence-electron chi connectivity index (χ1n) is 6.50. The highest BCUT2D eigenvalue weighted by atomic mass is 35.5. The standard InChI is InChI=1S/C13H18ClN3S/c1-10(14)11-2-4-16(5-3-11)8-12-9-17-6-7-18-13(17)15-12/h6-7,9-11H,2-5,8H2,1H3. The Hall–Kier alpha value is -0.580. The van der Waals surface area contributed by atoms with Gasteiger partial charge in [-0.2, -0.15) is 0 Å². The summed E-state index contributed by atoms with van der Waals surface area (Å²) < 4.78 is 2.10. The van der Waals surface area contributed by atoms with Crippen LogP contribution in [-0.2, 0) is 6.54 Å². The minimum atomic E-state index is 0.310. The Morgan fingerprint density at radius 3 is 2.94 bits per heavy atom. The molecule has 0 N–H and O–H groups in total. The van der Waals surface area contributed by atoms with E-state index in [4.69, 9.17) is 11.6 Å². The maximum absolute atomic E-state index is 6.17. The number of thiazole rings is 1. The van der Waals surface area contributed by atoms with Gasteiger partial charge in [0.2, 0.25) is 0 Å². The minimum absolute atomic E-state index is 0.310. The van der Waals surface area contributed by atoms with Crippen molar-refractivity contribution in [2.45, 2.75) is 31.7 Å². The van der Waals surface area contributed by atoms with E-state index in [0.717, 1.165) is 24.6 Å². The van der Waals surface area contributed by atoms with Crippen molar-refractivity contribution in [2.24, 2.45) is 5.92 Å². The maximum Gasteiger partial charge on any atom is 0.193 e. The lowest BCUT2D eigenvalue weighted by Crippen LogP contribution is -2.35. The molecule has 3 heterocycles. The molecule has 0 bridgehead atoms. The van der Waals surface area contributed by atoms with Gasteiger partial charge in [0.25, 0.3) is 0 Å². The molecule has 2 aromatic heterocycles. The van der Waals surface area contributed by atoms with Crippen LogP contribution < -0.4 is 0 Å². The van der Waals surface area contributed by atoms with E-state index in [1.807, 2.05) is 0 Å². The average molecular weight is 284 g/mol. The Balaban J connectivity index is 1.59. The quantitative estimate of drug-likeness (QED) is 0.806. The normalized spacial score (nSPS) is 20.6. The number of fused-ring (bicyclic) bond motifs is 1. The molecule has 3 rings (SSSR count). The van der Waals surface area contributed by atoms with Crippen LogP contribution in [0.1, 0.15) is 25.5 Å². The Labute approximate surface area is 116 Å². The lowest BCUT2D eigenvalue weighted by Gasteiger charge is -2.32. The fraction of sp³-hybridized carbons (Fsp3) is 0.615. The van der Waals surface area contributed by atoms with E-state index < -0.39 is 0 Å². The van der Waals surface area contributed by atoms with Crippen LogP contribution in [0.5, 0.6) is 0 Å². The molecule has 2 aromatic rings. The average Bonchev–Trinajstić information content (AvgIpc) is 2.90. The third-order valence-electron chi connectivity index (χ3n) is 3.81. The largest absolute Gasteiger partial charge is 0.297 e. The van der Waals surface area contributed by atoms with Gasteiger partial charge in [-0.05, 0) is 38.8 Å². The smallest absolute Gasteiger partial charge is 0.193 e. The van der Waals surface area contributed by atoms with E-state index in [1.165, 1.54) is 18.5 Å². The second-order valence-electron chi connectivity index (χ2n) is 5.12. The van der Waals surface area contributed by atoms with Crippen molar-refractivity contribution in [1.82, 2.24) is 14.3 Å². The number of aromatic nitrogens is 2. The molecule has 0 aromatic carbocycles. The predicted octanol–water partition coefficient (Wildman–Crippen LogP) is 3.24. The van der Waals surface area contributed by atoms with Crippen molar-refractivity contribution in [3.05, 3.63) is 23.5 Å². The molecule has 0 amide bonds. The summed E-state index contributed by atoms with van der Waals surface area (Å²) in [6.45, 7) is 5.38. The summed E-state index contributed by atoms with van der Waals surface area (Å²) in [6.07, 6.45) is 6.64. The molecule has 1 unspecified atom stereocenters. The SMILES string of the molecule is CC(Cl)C1CCN(Cc2cn3ccsc3n2)CC1. The van der Waals surface area contributed by atoms with Crippen molar-refractivity contribution >= 4 is 27.9 Å². The summed E-state index contributed by atoms with van der Waals surface area (Å²) in [5.74, 6) is 0.688. The highest BCUT2D eigenvalue weighted by Crippen LogP contribution is 2.24. The van der Waals surface area contributed by atoms with Crippen LogP contribution in [0.25, 0.3) is 4.96 Å². The number of rotatable bonds is 3. The van der Waals surface area contributed by atoms with Gasteiger partial charge in [0, 0.05) is 29.7 Å². The second kappa shape index (κ2) is 5.19. The van der Waals surface area contributed by atoms with Gasteiger partial charge < -0.3 is 0 Å². The van der Waals surface area contributed by atoms with Gasteiger partial charge in [0.15, 0.2) is 4.96 Å². The number of halogens is 1. The summed E-state index contributed by atoms with van der Waals surface area (Å²) in [5.41, 5.74) is 1.18. The van der Waals surface area contributed by atoms with Gasteiger partial charge in [0.1, 0.15) is 0 Å². The van der Waals surface area contributed by atoms with E-state index in [9.17, 15) is 0 Å². The molecular weight excluding hydrogens is 266 g/mol. The van der Waals surface area contributed by atoms with Crippen LogP contribution in [-0.4, -0.2) is 32.8 Å². The number of nitrogens with zero attached hydrogens (tertiary/aromatic N) is 3. The summed E-state index contributed by atoms with van der Waals surface area (Å²) in [6, 6.07) is 0. The molecular formula is C13H18ClN3S. The monoisotopic (exact) mass is 283 g/mol. The summed E-state index contributed by atoms with van der Waals surface area (Å²) in [7, 11) is 0. The first kappa shape index (κ1) is 12.5. The van der Waals surface area contributed by atoms with Gasteiger partial charge >= 0.3 is 0 Å². The van der Waals surface area contributed by atoms with Crippen molar-refractivity contribution in [1.29, 1.82) is 0 Å².